The summed E-state index contributed by atoms with van der Waals surface area (Å²) in [6.45, 7) is 6.56. The summed E-state index contributed by atoms with van der Waals surface area (Å²) >= 11 is 0. The molecule has 0 saturated heterocycles. The van der Waals surface area contributed by atoms with Crippen LogP contribution in [0.25, 0.3) is 0 Å². The minimum absolute atomic E-state index is 0.923. The fourth-order valence-corrected chi connectivity index (χ4v) is 3.32. The Bertz CT molecular complexity index is 811. The van der Waals surface area contributed by atoms with Crippen LogP contribution < -0.4 is 15.1 Å². The van der Waals surface area contributed by atoms with Crippen molar-refractivity contribution < 1.29 is 4.43 Å². The molecule has 3 aromatic carbocycles. The molecule has 0 unspecified atom stereocenters. The summed E-state index contributed by atoms with van der Waals surface area (Å²) < 4.78 is 6.05. The lowest BCUT2D eigenvalue weighted by atomic mass is 10.2. The van der Waals surface area contributed by atoms with Crippen molar-refractivity contribution in [1.82, 2.24) is 0 Å². The standard InChI is InChI=1S/C21H24N2OSi/c1-25(2,3)24-21-11-7-10-20(16-21)23-19-14-12-18(13-15-19)22-17-8-5-4-6-9-17/h4-16,22-23H,1-3H3. The van der Waals surface area contributed by atoms with Crippen LogP contribution in [0.3, 0.4) is 0 Å². The van der Waals surface area contributed by atoms with Crippen molar-refractivity contribution in [2.45, 2.75) is 19.6 Å². The van der Waals surface area contributed by atoms with Gasteiger partial charge in [0.05, 0.1) is 0 Å². The molecule has 0 aliphatic rings. The summed E-state index contributed by atoms with van der Waals surface area (Å²) in [4.78, 5) is 0. The molecule has 0 bridgehead atoms. The van der Waals surface area contributed by atoms with Crippen molar-refractivity contribution in [3.05, 3.63) is 78.9 Å². The molecule has 128 valence electrons. The van der Waals surface area contributed by atoms with Gasteiger partial charge in [0.25, 0.3) is 0 Å². The Morgan fingerprint density at radius 2 is 1.12 bits per heavy atom. The Labute approximate surface area is 150 Å². The third-order valence-electron chi connectivity index (χ3n) is 3.49. The van der Waals surface area contributed by atoms with Crippen LogP contribution in [0, 0.1) is 0 Å². The second-order valence-corrected chi connectivity index (χ2v) is 11.4. The molecule has 0 spiro atoms. The van der Waals surface area contributed by atoms with Gasteiger partial charge in [0.15, 0.2) is 0 Å². The largest absolute Gasteiger partial charge is 0.544 e. The van der Waals surface area contributed by atoms with Crippen LogP contribution in [0.5, 0.6) is 5.75 Å². The molecule has 0 aliphatic heterocycles. The Morgan fingerprint density at radius 3 is 1.72 bits per heavy atom. The Hall–Kier alpha value is -2.72. The molecule has 3 nitrogen and oxygen atoms in total. The zero-order chi connectivity index (χ0) is 17.7. The van der Waals surface area contributed by atoms with Crippen molar-refractivity contribution in [1.29, 1.82) is 0 Å². The Balaban J connectivity index is 1.66. The maximum absolute atomic E-state index is 6.05. The van der Waals surface area contributed by atoms with Crippen molar-refractivity contribution >= 4 is 31.1 Å². The fourth-order valence-electron chi connectivity index (χ4n) is 2.48. The van der Waals surface area contributed by atoms with Crippen molar-refractivity contribution in [3.63, 3.8) is 0 Å². The third-order valence-corrected chi connectivity index (χ3v) is 4.34. The van der Waals surface area contributed by atoms with E-state index in [1.807, 2.05) is 42.5 Å². The number of rotatable bonds is 6. The smallest absolute Gasteiger partial charge is 0.242 e. The molecule has 25 heavy (non-hydrogen) atoms. The van der Waals surface area contributed by atoms with Gasteiger partial charge < -0.3 is 15.1 Å². The van der Waals surface area contributed by atoms with E-state index in [1.54, 1.807) is 0 Å². The molecule has 0 amide bonds. The molecule has 0 aliphatic carbocycles. The molecule has 3 aromatic rings. The summed E-state index contributed by atoms with van der Waals surface area (Å²) in [5.41, 5.74) is 4.22. The van der Waals surface area contributed by atoms with E-state index in [2.05, 4.69) is 66.7 Å². The molecule has 3 rings (SSSR count). The predicted octanol–water partition coefficient (Wildman–Crippen LogP) is 6.39. The first-order valence-corrected chi connectivity index (χ1v) is 11.9. The second-order valence-electron chi connectivity index (χ2n) is 6.94. The number of hydrogen-bond acceptors (Lipinski definition) is 3. The fraction of sp³-hybridized carbons (Fsp3) is 0.143. The Kier molecular flexibility index (Phi) is 5.10. The van der Waals surface area contributed by atoms with E-state index >= 15 is 0 Å². The average Bonchev–Trinajstić information content (AvgIpc) is 2.56. The maximum atomic E-state index is 6.05. The van der Waals surface area contributed by atoms with E-state index in [1.165, 1.54) is 0 Å². The van der Waals surface area contributed by atoms with Gasteiger partial charge in [-0.1, -0.05) is 24.3 Å². The van der Waals surface area contributed by atoms with Crippen LogP contribution >= 0.6 is 0 Å². The van der Waals surface area contributed by atoms with Crippen LogP contribution in [-0.2, 0) is 0 Å². The average molecular weight is 349 g/mol. The van der Waals surface area contributed by atoms with Gasteiger partial charge in [-0.25, -0.2) is 0 Å². The van der Waals surface area contributed by atoms with E-state index in [0.717, 1.165) is 28.5 Å². The van der Waals surface area contributed by atoms with Gasteiger partial charge in [-0.05, 0) is 68.2 Å². The summed E-state index contributed by atoms with van der Waals surface area (Å²) in [6.07, 6.45) is 0. The first kappa shape index (κ1) is 17.1. The molecule has 0 fully saturated rings. The zero-order valence-electron chi connectivity index (χ0n) is 14.9. The first-order chi connectivity index (χ1) is 12.0. The minimum atomic E-state index is -1.59. The van der Waals surface area contributed by atoms with E-state index in [-0.39, 0.29) is 0 Å². The molecule has 0 atom stereocenters. The molecule has 0 aromatic heterocycles. The van der Waals surface area contributed by atoms with Gasteiger partial charge in [-0.15, -0.1) is 0 Å². The van der Waals surface area contributed by atoms with Gasteiger partial charge in [0, 0.05) is 28.8 Å². The first-order valence-electron chi connectivity index (χ1n) is 8.46. The van der Waals surface area contributed by atoms with E-state index in [9.17, 15) is 0 Å². The highest BCUT2D eigenvalue weighted by Crippen LogP contribution is 2.25. The highest BCUT2D eigenvalue weighted by Gasteiger charge is 2.16. The number of anilines is 4. The van der Waals surface area contributed by atoms with Gasteiger partial charge >= 0.3 is 0 Å². The highest BCUT2D eigenvalue weighted by atomic mass is 28.4. The molecular formula is C21H24N2OSi. The van der Waals surface area contributed by atoms with E-state index in [4.69, 9.17) is 4.43 Å². The van der Waals surface area contributed by atoms with Crippen LogP contribution in [0.2, 0.25) is 19.6 Å². The minimum Gasteiger partial charge on any atom is -0.544 e. The van der Waals surface area contributed by atoms with Crippen LogP contribution in [0.4, 0.5) is 22.7 Å². The van der Waals surface area contributed by atoms with E-state index in [0.29, 0.717) is 0 Å². The van der Waals surface area contributed by atoms with Crippen molar-refractivity contribution in [2.24, 2.45) is 0 Å². The monoisotopic (exact) mass is 348 g/mol. The molecule has 0 heterocycles. The maximum Gasteiger partial charge on any atom is 0.242 e. The summed E-state index contributed by atoms with van der Waals surface area (Å²) in [5.74, 6) is 0.923. The molecule has 0 radical (unpaired) electrons. The van der Waals surface area contributed by atoms with Crippen LogP contribution in [-0.4, -0.2) is 8.32 Å². The summed E-state index contributed by atoms with van der Waals surface area (Å²) in [5, 5.41) is 6.82. The van der Waals surface area contributed by atoms with Crippen molar-refractivity contribution in [3.8, 4) is 5.75 Å². The van der Waals surface area contributed by atoms with Crippen LogP contribution in [0.15, 0.2) is 78.9 Å². The van der Waals surface area contributed by atoms with E-state index < -0.39 is 8.32 Å². The number of nitrogens with one attached hydrogen (secondary N) is 2. The molecule has 4 heteroatoms. The quantitative estimate of drug-likeness (QED) is 0.507. The molecule has 0 saturated carbocycles. The zero-order valence-corrected chi connectivity index (χ0v) is 15.9. The molecular weight excluding hydrogens is 324 g/mol. The van der Waals surface area contributed by atoms with Gasteiger partial charge in [-0.2, -0.15) is 0 Å². The molecule has 2 N–H and O–H groups in total. The van der Waals surface area contributed by atoms with Gasteiger partial charge in [0.1, 0.15) is 5.75 Å². The lowest BCUT2D eigenvalue weighted by Gasteiger charge is -2.19. The lowest BCUT2D eigenvalue weighted by molar-refractivity contribution is 0.558. The second kappa shape index (κ2) is 7.45. The topological polar surface area (TPSA) is 33.3 Å². The lowest BCUT2D eigenvalue weighted by Crippen LogP contribution is -2.29. The SMILES string of the molecule is C[Si](C)(C)Oc1cccc(Nc2ccc(Nc3ccccc3)cc2)c1. The summed E-state index contributed by atoms with van der Waals surface area (Å²) in [7, 11) is -1.59. The predicted molar refractivity (Wildman–Crippen MR) is 110 cm³/mol. The third kappa shape index (κ3) is 5.40. The van der Waals surface area contributed by atoms with Crippen LogP contribution in [0.1, 0.15) is 0 Å². The number of benzene rings is 3. The number of para-hydroxylation sites is 1. The Morgan fingerprint density at radius 1 is 0.600 bits per heavy atom. The van der Waals surface area contributed by atoms with Gasteiger partial charge in [0.2, 0.25) is 8.32 Å². The number of hydrogen-bond donors (Lipinski definition) is 2. The normalized spacial score (nSPS) is 11.0. The van der Waals surface area contributed by atoms with Gasteiger partial charge in [-0.3, -0.25) is 0 Å². The summed E-state index contributed by atoms with van der Waals surface area (Å²) in [6, 6.07) is 26.6. The van der Waals surface area contributed by atoms with Crippen molar-refractivity contribution in [2.75, 3.05) is 10.6 Å². The highest BCUT2D eigenvalue weighted by molar-refractivity contribution is 6.70.